The van der Waals surface area contributed by atoms with Crippen molar-refractivity contribution in [3.8, 4) is 0 Å². The molecule has 2 saturated heterocycles. The van der Waals surface area contributed by atoms with E-state index in [1.165, 1.54) is 0 Å². The van der Waals surface area contributed by atoms with Gasteiger partial charge in [-0.15, -0.1) is 0 Å². The van der Waals surface area contributed by atoms with Crippen LogP contribution in [0.5, 0.6) is 0 Å². The average molecular weight is 496 g/mol. The van der Waals surface area contributed by atoms with Crippen molar-refractivity contribution in [3.63, 3.8) is 0 Å². The monoisotopic (exact) mass is 495 g/mol. The summed E-state index contributed by atoms with van der Waals surface area (Å²) in [5.41, 5.74) is 2.30. The summed E-state index contributed by atoms with van der Waals surface area (Å²) in [4.78, 5) is 29.0. The van der Waals surface area contributed by atoms with E-state index in [1.54, 1.807) is 21.3 Å². The normalized spacial score (nSPS) is 23.6. The van der Waals surface area contributed by atoms with Gasteiger partial charge in [-0.05, 0) is 55.9 Å². The molecule has 5 rings (SSSR count). The molecule has 8 heteroatoms. The molecule has 186 valence electrons. The Morgan fingerprint density at radius 1 is 0.829 bits per heavy atom. The number of carbonyl (C=O) groups excluding carboxylic acids is 2. The van der Waals surface area contributed by atoms with Crippen LogP contribution in [0.25, 0.3) is 0 Å². The largest absolute Gasteiger partial charge is 0.339 e. The van der Waals surface area contributed by atoms with Crippen LogP contribution in [0.2, 0.25) is 0 Å². The molecule has 0 radical (unpaired) electrons. The lowest BCUT2D eigenvalue weighted by Gasteiger charge is -2.36. The lowest BCUT2D eigenvalue weighted by Crippen LogP contribution is -2.51. The molecule has 0 N–H and O–H groups in total. The first kappa shape index (κ1) is 24.0. The smallest absolute Gasteiger partial charge is 0.253 e. The van der Waals surface area contributed by atoms with Gasteiger partial charge in [0.25, 0.3) is 5.91 Å². The van der Waals surface area contributed by atoms with Gasteiger partial charge in [-0.25, -0.2) is 8.42 Å². The Kier molecular flexibility index (Phi) is 6.68. The Morgan fingerprint density at radius 2 is 1.46 bits per heavy atom. The third-order valence-corrected chi connectivity index (χ3v) is 9.96. The molecule has 2 atom stereocenters. The summed E-state index contributed by atoms with van der Waals surface area (Å²) >= 11 is 0. The van der Waals surface area contributed by atoms with Crippen LogP contribution in [0.4, 0.5) is 0 Å². The van der Waals surface area contributed by atoms with E-state index < -0.39 is 15.3 Å². The lowest BCUT2D eigenvalue weighted by molar-refractivity contribution is -0.134. The number of nitrogens with zero attached hydrogens (tertiary/aromatic N) is 3. The first-order chi connectivity index (χ1) is 16.9. The highest BCUT2D eigenvalue weighted by Crippen LogP contribution is 2.39. The highest BCUT2D eigenvalue weighted by molar-refractivity contribution is 7.89. The van der Waals surface area contributed by atoms with Crippen molar-refractivity contribution in [1.82, 2.24) is 14.1 Å². The van der Waals surface area contributed by atoms with Gasteiger partial charge < -0.3 is 9.80 Å². The van der Waals surface area contributed by atoms with Gasteiger partial charge in [-0.1, -0.05) is 42.5 Å². The fourth-order valence-corrected chi connectivity index (χ4v) is 7.50. The van der Waals surface area contributed by atoms with Gasteiger partial charge in [-0.3, -0.25) is 9.59 Å². The van der Waals surface area contributed by atoms with Gasteiger partial charge in [0.05, 0.1) is 0 Å². The number of hydrogen-bond acceptors (Lipinski definition) is 4. The summed E-state index contributed by atoms with van der Waals surface area (Å²) in [5, 5.41) is -0.522. The standard InChI is InChI=1S/C27H33N3O4S/c1-20(30-15-5-8-25(35(30,33)34)22-6-3-2-4-7-22)21-9-11-23(12-10-21)26(31)28-16-18-29(19-17-28)27(32)24-13-14-24/h2-4,6-7,9-12,20,24-25H,5,8,13-19H2,1H3. The van der Waals surface area contributed by atoms with E-state index in [0.29, 0.717) is 44.7 Å². The first-order valence-corrected chi connectivity index (χ1v) is 14.1. The number of piperazine rings is 1. The van der Waals surface area contributed by atoms with E-state index in [4.69, 9.17) is 0 Å². The minimum Gasteiger partial charge on any atom is -0.339 e. The van der Waals surface area contributed by atoms with Gasteiger partial charge in [0.2, 0.25) is 15.9 Å². The maximum absolute atomic E-state index is 13.5. The van der Waals surface area contributed by atoms with Crippen LogP contribution in [0.3, 0.4) is 0 Å². The predicted molar refractivity (Wildman–Crippen MR) is 134 cm³/mol. The van der Waals surface area contributed by atoms with Crippen LogP contribution in [0, 0.1) is 5.92 Å². The van der Waals surface area contributed by atoms with Crippen molar-refractivity contribution in [2.45, 2.75) is 43.9 Å². The Balaban J connectivity index is 1.24. The second kappa shape index (κ2) is 9.74. The summed E-state index contributed by atoms with van der Waals surface area (Å²) < 4.78 is 28.5. The van der Waals surface area contributed by atoms with Crippen LogP contribution >= 0.6 is 0 Å². The van der Waals surface area contributed by atoms with Crippen molar-refractivity contribution in [2.75, 3.05) is 32.7 Å². The van der Waals surface area contributed by atoms with Gasteiger partial charge >= 0.3 is 0 Å². The molecule has 0 spiro atoms. The number of amides is 2. The molecule has 2 aromatic carbocycles. The SMILES string of the molecule is CC(c1ccc(C(=O)N2CCN(C(=O)C3CC3)CC2)cc1)N1CCCC(c2ccccc2)S1(=O)=O. The quantitative estimate of drug-likeness (QED) is 0.635. The zero-order chi connectivity index (χ0) is 24.6. The van der Waals surface area contributed by atoms with Crippen LogP contribution < -0.4 is 0 Å². The molecule has 2 amide bonds. The average Bonchev–Trinajstić information content (AvgIpc) is 3.73. The van der Waals surface area contributed by atoms with Crippen molar-refractivity contribution in [2.24, 2.45) is 5.92 Å². The lowest BCUT2D eigenvalue weighted by atomic mass is 10.0. The molecule has 1 aliphatic carbocycles. The van der Waals surface area contributed by atoms with Crippen LogP contribution in [-0.2, 0) is 14.8 Å². The minimum atomic E-state index is -3.50. The van der Waals surface area contributed by atoms with E-state index in [1.807, 2.05) is 54.3 Å². The van der Waals surface area contributed by atoms with E-state index in [-0.39, 0.29) is 23.8 Å². The van der Waals surface area contributed by atoms with E-state index >= 15 is 0 Å². The zero-order valence-electron chi connectivity index (χ0n) is 20.2. The minimum absolute atomic E-state index is 0.0440. The summed E-state index contributed by atoms with van der Waals surface area (Å²) in [5.74, 6) is 0.397. The Labute approximate surface area is 207 Å². The van der Waals surface area contributed by atoms with Gasteiger partial charge in [0.1, 0.15) is 5.25 Å². The van der Waals surface area contributed by atoms with Crippen molar-refractivity contribution in [1.29, 1.82) is 0 Å². The highest BCUT2D eigenvalue weighted by Gasteiger charge is 2.39. The number of sulfonamides is 1. The van der Waals surface area contributed by atoms with Crippen molar-refractivity contribution in [3.05, 3.63) is 71.3 Å². The first-order valence-electron chi connectivity index (χ1n) is 12.6. The maximum atomic E-state index is 13.5. The summed E-state index contributed by atoms with van der Waals surface area (Å²) in [6.45, 7) is 4.68. The highest BCUT2D eigenvalue weighted by atomic mass is 32.2. The molecular formula is C27H33N3O4S. The van der Waals surface area contributed by atoms with Crippen LogP contribution in [-0.4, -0.2) is 67.1 Å². The second-order valence-corrected chi connectivity index (χ2v) is 12.0. The fraction of sp³-hybridized carbons (Fsp3) is 0.481. The molecular weight excluding hydrogens is 462 g/mol. The van der Waals surface area contributed by atoms with Gasteiger partial charge in [-0.2, -0.15) is 4.31 Å². The van der Waals surface area contributed by atoms with Gasteiger partial charge in [0, 0.05) is 50.2 Å². The fourth-order valence-electron chi connectivity index (χ4n) is 5.26. The van der Waals surface area contributed by atoms with Crippen molar-refractivity contribution < 1.29 is 18.0 Å². The molecule has 3 aliphatic rings. The summed E-state index contributed by atoms with van der Waals surface area (Å²) in [7, 11) is -3.50. The molecule has 7 nitrogen and oxygen atoms in total. The Hall–Kier alpha value is -2.71. The van der Waals surface area contributed by atoms with Crippen LogP contribution in [0.1, 0.15) is 65.4 Å². The van der Waals surface area contributed by atoms with E-state index in [0.717, 1.165) is 30.4 Å². The molecule has 1 saturated carbocycles. The molecule has 3 fully saturated rings. The van der Waals surface area contributed by atoms with E-state index in [9.17, 15) is 18.0 Å². The summed E-state index contributed by atoms with van der Waals surface area (Å²) in [6.07, 6.45) is 3.43. The number of carbonyl (C=O) groups is 2. The molecule has 0 aromatic heterocycles. The predicted octanol–water partition coefficient (Wildman–Crippen LogP) is 3.61. The van der Waals surface area contributed by atoms with E-state index in [2.05, 4.69) is 0 Å². The second-order valence-electron chi connectivity index (χ2n) is 9.89. The molecule has 2 heterocycles. The molecule has 2 unspecified atom stereocenters. The topological polar surface area (TPSA) is 78.0 Å². The molecule has 0 bridgehead atoms. The van der Waals surface area contributed by atoms with Crippen molar-refractivity contribution >= 4 is 21.8 Å². The third kappa shape index (κ3) is 4.86. The number of rotatable bonds is 5. The molecule has 35 heavy (non-hydrogen) atoms. The van der Waals surface area contributed by atoms with Gasteiger partial charge in [0.15, 0.2) is 0 Å². The summed E-state index contributed by atoms with van der Waals surface area (Å²) in [6, 6.07) is 16.4. The van der Waals surface area contributed by atoms with Crippen LogP contribution in [0.15, 0.2) is 54.6 Å². The Morgan fingerprint density at radius 3 is 2.09 bits per heavy atom. The zero-order valence-corrected chi connectivity index (χ0v) is 21.0. The Bertz CT molecular complexity index is 1170. The third-order valence-electron chi connectivity index (χ3n) is 7.58. The number of hydrogen-bond donors (Lipinski definition) is 0. The molecule has 2 aromatic rings. The number of benzene rings is 2. The molecule has 2 aliphatic heterocycles. The maximum Gasteiger partial charge on any atom is 0.253 e.